The molecule has 4 aromatic rings. The quantitative estimate of drug-likeness (QED) is 0.262. The second kappa shape index (κ2) is 9.75. The summed E-state index contributed by atoms with van der Waals surface area (Å²) >= 11 is 0. The number of ether oxygens (including phenoxy) is 1. The van der Waals surface area contributed by atoms with Gasteiger partial charge in [0.25, 0.3) is 0 Å². The van der Waals surface area contributed by atoms with E-state index >= 15 is 0 Å². The second-order valence-corrected chi connectivity index (χ2v) is 9.88. The van der Waals surface area contributed by atoms with Gasteiger partial charge in [0, 0.05) is 11.8 Å². The van der Waals surface area contributed by atoms with Gasteiger partial charge in [0.2, 0.25) is 0 Å². The Morgan fingerprint density at radius 1 is 0.611 bits per heavy atom. The van der Waals surface area contributed by atoms with Crippen molar-refractivity contribution in [2.75, 3.05) is 26.7 Å². The smallest absolute Gasteiger partial charge is 0.319 e. The van der Waals surface area contributed by atoms with Crippen molar-refractivity contribution in [3.63, 3.8) is 0 Å². The molecule has 0 radical (unpaired) electrons. The van der Waals surface area contributed by atoms with Crippen LogP contribution >= 0.6 is 0 Å². The summed E-state index contributed by atoms with van der Waals surface area (Å²) in [5.74, 6) is 0.533. The molecule has 0 aliphatic heterocycles. The van der Waals surface area contributed by atoms with Crippen molar-refractivity contribution in [3.05, 3.63) is 119 Å². The van der Waals surface area contributed by atoms with Gasteiger partial charge in [-0.3, -0.25) is 9.69 Å². The van der Waals surface area contributed by atoms with Gasteiger partial charge >= 0.3 is 5.97 Å². The van der Waals surface area contributed by atoms with Gasteiger partial charge in [0.1, 0.15) is 0 Å². The first-order valence-electron chi connectivity index (χ1n) is 12.9. The van der Waals surface area contributed by atoms with Crippen LogP contribution in [0.5, 0.6) is 0 Å². The summed E-state index contributed by atoms with van der Waals surface area (Å²) < 4.78 is 5.07. The number of carbonyl (C=O) groups is 1. The van der Waals surface area contributed by atoms with Crippen LogP contribution in [0, 0.1) is 0 Å². The first kappa shape index (κ1) is 22.8. The molecule has 0 saturated heterocycles. The van der Waals surface area contributed by atoms with E-state index in [0.717, 1.165) is 25.9 Å². The van der Waals surface area contributed by atoms with E-state index in [1.807, 2.05) is 0 Å². The van der Waals surface area contributed by atoms with E-state index in [9.17, 15) is 4.79 Å². The fraction of sp³-hybridized carbons (Fsp3) is 0.242. The summed E-state index contributed by atoms with van der Waals surface area (Å²) in [6.07, 6.45) is 1.95. The molecule has 0 fully saturated rings. The molecule has 3 heteroatoms. The van der Waals surface area contributed by atoms with Gasteiger partial charge in [-0.15, -0.1) is 0 Å². The molecule has 2 aliphatic carbocycles. The Morgan fingerprint density at radius 2 is 0.944 bits per heavy atom. The Kier molecular flexibility index (Phi) is 6.16. The van der Waals surface area contributed by atoms with Gasteiger partial charge < -0.3 is 4.74 Å². The molecule has 0 N–H and O–H groups in total. The summed E-state index contributed by atoms with van der Waals surface area (Å²) in [6.45, 7) is 2.01. The van der Waals surface area contributed by atoms with E-state index in [1.54, 1.807) is 0 Å². The fourth-order valence-corrected chi connectivity index (χ4v) is 6.28. The fourth-order valence-electron chi connectivity index (χ4n) is 6.28. The standard InChI is InChI=1S/C33H31NO2/c1-36-33(35)22-34(20-18-31-27-14-6-2-10-23(27)24-11-3-7-15-28(24)31)21-19-32-29-16-8-4-12-25(29)26-13-5-9-17-30(26)32/h2-17,31-32H,18-22H2,1H3. The lowest BCUT2D eigenvalue weighted by Crippen LogP contribution is -2.33. The minimum Gasteiger partial charge on any atom is -0.468 e. The highest BCUT2D eigenvalue weighted by molar-refractivity contribution is 5.79. The third kappa shape index (κ3) is 4.04. The Labute approximate surface area is 213 Å². The summed E-state index contributed by atoms with van der Waals surface area (Å²) in [4.78, 5) is 14.6. The zero-order chi connectivity index (χ0) is 24.5. The van der Waals surface area contributed by atoms with Crippen molar-refractivity contribution >= 4 is 5.97 Å². The summed E-state index contributed by atoms with van der Waals surface area (Å²) in [5.41, 5.74) is 11.0. The predicted molar refractivity (Wildman–Crippen MR) is 145 cm³/mol. The van der Waals surface area contributed by atoms with Crippen molar-refractivity contribution in [2.45, 2.75) is 24.7 Å². The normalized spacial score (nSPS) is 13.8. The highest BCUT2D eigenvalue weighted by Crippen LogP contribution is 2.47. The number of hydrogen-bond donors (Lipinski definition) is 0. The predicted octanol–water partition coefficient (Wildman–Crippen LogP) is 6.87. The Balaban J connectivity index is 1.22. The number of benzene rings is 4. The molecule has 2 aliphatic rings. The lowest BCUT2D eigenvalue weighted by Gasteiger charge is -2.25. The molecule has 180 valence electrons. The van der Waals surface area contributed by atoms with Crippen LogP contribution in [0.1, 0.15) is 46.9 Å². The molecule has 3 nitrogen and oxygen atoms in total. The number of hydrogen-bond acceptors (Lipinski definition) is 3. The lowest BCUT2D eigenvalue weighted by molar-refractivity contribution is -0.142. The monoisotopic (exact) mass is 473 g/mol. The van der Waals surface area contributed by atoms with Crippen molar-refractivity contribution in [1.82, 2.24) is 4.90 Å². The molecule has 36 heavy (non-hydrogen) atoms. The Bertz CT molecular complexity index is 1220. The lowest BCUT2D eigenvalue weighted by atomic mass is 9.92. The molecular formula is C33H31NO2. The molecule has 0 atom stereocenters. The minimum absolute atomic E-state index is 0.172. The summed E-state index contributed by atoms with van der Waals surface area (Å²) in [5, 5.41) is 0. The molecule has 4 aromatic carbocycles. The highest BCUT2D eigenvalue weighted by atomic mass is 16.5. The number of esters is 1. The van der Waals surface area contributed by atoms with Crippen LogP contribution in [-0.2, 0) is 9.53 Å². The van der Waals surface area contributed by atoms with Gasteiger partial charge in [-0.2, -0.15) is 0 Å². The molecule has 0 unspecified atom stereocenters. The van der Waals surface area contributed by atoms with Crippen molar-refractivity contribution < 1.29 is 9.53 Å². The number of rotatable bonds is 8. The van der Waals surface area contributed by atoms with Gasteiger partial charge in [-0.05, 0) is 70.4 Å². The third-order valence-corrected chi connectivity index (χ3v) is 7.97. The van der Waals surface area contributed by atoms with E-state index in [2.05, 4.69) is 102 Å². The maximum atomic E-state index is 12.3. The van der Waals surface area contributed by atoms with Gasteiger partial charge in [-0.1, -0.05) is 97.1 Å². The highest BCUT2D eigenvalue weighted by Gasteiger charge is 2.30. The molecule has 0 bridgehead atoms. The SMILES string of the molecule is COC(=O)CN(CCC1c2ccccc2-c2ccccc21)CCC1c2ccccc2-c2ccccc21. The number of methoxy groups -OCH3 is 1. The van der Waals surface area contributed by atoms with Crippen LogP contribution < -0.4 is 0 Å². The molecule has 0 spiro atoms. The topological polar surface area (TPSA) is 29.5 Å². The molecule has 0 heterocycles. The van der Waals surface area contributed by atoms with Crippen LogP contribution in [0.2, 0.25) is 0 Å². The summed E-state index contributed by atoms with van der Waals surface area (Å²) in [7, 11) is 1.48. The first-order valence-corrected chi connectivity index (χ1v) is 12.9. The molecular weight excluding hydrogens is 442 g/mol. The molecule has 6 rings (SSSR count). The maximum absolute atomic E-state index is 12.3. The number of nitrogens with zero attached hydrogens (tertiary/aromatic N) is 1. The minimum atomic E-state index is -0.172. The van der Waals surface area contributed by atoms with Crippen LogP contribution in [0.4, 0.5) is 0 Å². The summed E-state index contributed by atoms with van der Waals surface area (Å²) in [6, 6.07) is 35.0. The van der Waals surface area contributed by atoms with E-state index < -0.39 is 0 Å². The van der Waals surface area contributed by atoms with Crippen LogP contribution in [-0.4, -0.2) is 37.6 Å². The third-order valence-electron chi connectivity index (χ3n) is 7.97. The van der Waals surface area contributed by atoms with E-state index in [-0.39, 0.29) is 5.97 Å². The van der Waals surface area contributed by atoms with Crippen molar-refractivity contribution in [3.8, 4) is 22.3 Å². The van der Waals surface area contributed by atoms with Crippen LogP contribution in [0.15, 0.2) is 97.1 Å². The number of fused-ring (bicyclic) bond motifs is 6. The molecule has 0 saturated carbocycles. The average molecular weight is 474 g/mol. The van der Waals surface area contributed by atoms with Crippen molar-refractivity contribution in [1.29, 1.82) is 0 Å². The average Bonchev–Trinajstić information content (AvgIpc) is 3.43. The van der Waals surface area contributed by atoms with Crippen LogP contribution in [0.25, 0.3) is 22.3 Å². The second-order valence-electron chi connectivity index (χ2n) is 9.88. The van der Waals surface area contributed by atoms with Crippen molar-refractivity contribution in [2.24, 2.45) is 0 Å². The van der Waals surface area contributed by atoms with Gasteiger partial charge in [0.15, 0.2) is 0 Å². The maximum Gasteiger partial charge on any atom is 0.319 e. The largest absolute Gasteiger partial charge is 0.468 e. The zero-order valence-electron chi connectivity index (χ0n) is 20.7. The van der Waals surface area contributed by atoms with Gasteiger partial charge in [0.05, 0.1) is 13.7 Å². The first-order chi connectivity index (χ1) is 17.7. The van der Waals surface area contributed by atoms with Crippen LogP contribution in [0.3, 0.4) is 0 Å². The number of carbonyl (C=O) groups excluding carboxylic acids is 1. The molecule has 0 amide bonds. The molecule has 0 aromatic heterocycles. The van der Waals surface area contributed by atoms with E-state index in [4.69, 9.17) is 4.74 Å². The van der Waals surface area contributed by atoms with Gasteiger partial charge in [-0.25, -0.2) is 0 Å². The zero-order valence-corrected chi connectivity index (χ0v) is 20.7. The van der Waals surface area contributed by atoms with E-state index in [1.165, 1.54) is 51.6 Å². The Morgan fingerprint density at radius 3 is 1.28 bits per heavy atom. The van der Waals surface area contributed by atoms with E-state index in [0.29, 0.717) is 18.4 Å². The Hall–Kier alpha value is -3.69.